The lowest BCUT2D eigenvalue weighted by atomic mass is 10.1. The average molecular weight is 374 g/mol. The molecule has 1 aromatic heterocycles. The van der Waals surface area contributed by atoms with Crippen molar-refractivity contribution in [3.8, 4) is 5.75 Å². The van der Waals surface area contributed by atoms with E-state index in [-0.39, 0.29) is 0 Å². The molecule has 2 aromatic rings. The van der Waals surface area contributed by atoms with Crippen molar-refractivity contribution < 1.29 is 32.6 Å². The number of carbonyl (C=O) groups excluding carboxylic acids is 1. The second-order valence-corrected chi connectivity index (χ2v) is 5.83. The number of aliphatic carboxylic acids is 1. The number of nitrogens with one attached hydrogen (secondary N) is 1. The summed E-state index contributed by atoms with van der Waals surface area (Å²) in [5.74, 6) is -1.72. The first kappa shape index (κ1) is 18.7. The number of carboxylic acids is 1. The summed E-state index contributed by atoms with van der Waals surface area (Å²) in [6.07, 6.45) is -4.64. The molecule has 2 rings (SSSR count). The van der Waals surface area contributed by atoms with Crippen LogP contribution in [0.3, 0.4) is 0 Å². The Bertz CT molecular complexity index is 759. The highest BCUT2D eigenvalue weighted by Gasteiger charge is 2.38. The summed E-state index contributed by atoms with van der Waals surface area (Å²) in [6, 6.07) is 5.58. The van der Waals surface area contributed by atoms with Crippen LogP contribution in [0.5, 0.6) is 5.75 Å². The van der Waals surface area contributed by atoms with Gasteiger partial charge in [0.2, 0.25) is 0 Å². The van der Waals surface area contributed by atoms with Gasteiger partial charge in [0.25, 0.3) is 5.91 Å². The summed E-state index contributed by atoms with van der Waals surface area (Å²) < 4.78 is 43.4. The summed E-state index contributed by atoms with van der Waals surface area (Å²) in [7, 11) is 0. The third-order valence-corrected chi connectivity index (χ3v) is 4.00. The molecule has 25 heavy (non-hydrogen) atoms. The van der Waals surface area contributed by atoms with Crippen LogP contribution in [0.1, 0.15) is 33.9 Å². The number of hydrogen-bond donors (Lipinski definition) is 2. The van der Waals surface area contributed by atoms with Crippen LogP contribution in [0, 0.1) is 0 Å². The van der Waals surface area contributed by atoms with Gasteiger partial charge in [0.15, 0.2) is 12.3 Å². The maximum Gasteiger partial charge on any atom is 0.427 e. The van der Waals surface area contributed by atoms with Crippen molar-refractivity contribution in [3.63, 3.8) is 0 Å². The molecule has 0 saturated carbocycles. The maximum absolute atomic E-state index is 12.8. The number of carbonyl (C=O) groups is 2. The van der Waals surface area contributed by atoms with Gasteiger partial charge < -0.3 is 15.2 Å². The van der Waals surface area contributed by atoms with E-state index in [1.165, 1.54) is 12.1 Å². The highest BCUT2D eigenvalue weighted by Crippen LogP contribution is 2.34. The van der Waals surface area contributed by atoms with Crippen LogP contribution in [-0.4, -0.2) is 28.6 Å². The molecule has 0 aliphatic heterocycles. The summed E-state index contributed by atoms with van der Waals surface area (Å²) >= 11 is 0.356. The minimum atomic E-state index is -4.64. The first-order chi connectivity index (χ1) is 11.7. The van der Waals surface area contributed by atoms with E-state index in [9.17, 15) is 22.8 Å². The molecule has 2 N–H and O–H groups in total. The second-order valence-electron chi connectivity index (χ2n) is 4.97. The van der Waals surface area contributed by atoms with Crippen LogP contribution >= 0.6 is 11.3 Å². The molecular formula is C15H13F3N2O4S. The van der Waals surface area contributed by atoms with E-state index in [1.807, 2.05) is 0 Å². The lowest BCUT2D eigenvalue weighted by molar-refractivity contribution is -0.139. The third-order valence-electron chi connectivity index (χ3n) is 3.13. The molecule has 0 radical (unpaired) electrons. The number of benzene rings is 1. The summed E-state index contributed by atoms with van der Waals surface area (Å²) in [5, 5.41) is 11.0. The number of halogens is 3. The van der Waals surface area contributed by atoms with Crippen molar-refractivity contribution in [3.05, 3.63) is 45.9 Å². The third kappa shape index (κ3) is 4.92. The number of amides is 1. The van der Waals surface area contributed by atoms with Gasteiger partial charge in [-0.2, -0.15) is 13.2 Å². The molecule has 0 saturated heterocycles. The minimum Gasteiger partial charge on any atom is -0.482 e. The van der Waals surface area contributed by atoms with Gasteiger partial charge in [0.1, 0.15) is 10.6 Å². The lowest BCUT2D eigenvalue weighted by Crippen LogP contribution is -2.28. The predicted octanol–water partition coefficient (Wildman–Crippen LogP) is 3.12. The number of nitrogens with zero attached hydrogens (tertiary/aromatic N) is 1. The number of alkyl halides is 3. The molecule has 0 aliphatic carbocycles. The van der Waals surface area contributed by atoms with Crippen LogP contribution in [0.2, 0.25) is 0 Å². The Morgan fingerprint density at radius 3 is 2.52 bits per heavy atom. The number of carboxylic acid groups (broad SMARTS) is 1. The van der Waals surface area contributed by atoms with Gasteiger partial charge in [-0.25, -0.2) is 9.78 Å². The molecule has 1 aromatic carbocycles. The van der Waals surface area contributed by atoms with E-state index in [0.717, 1.165) is 5.51 Å². The highest BCUT2D eigenvalue weighted by atomic mass is 32.1. The summed E-state index contributed by atoms with van der Waals surface area (Å²) in [5.41, 5.74) is 0.919. The van der Waals surface area contributed by atoms with Gasteiger partial charge >= 0.3 is 12.1 Å². The maximum atomic E-state index is 12.8. The molecule has 1 heterocycles. The van der Waals surface area contributed by atoms with Crippen molar-refractivity contribution in [2.45, 2.75) is 19.1 Å². The smallest absolute Gasteiger partial charge is 0.427 e. The molecule has 1 amide bonds. The van der Waals surface area contributed by atoms with Gasteiger partial charge in [-0.05, 0) is 24.6 Å². The number of ether oxygens (including phenoxy) is 1. The molecule has 0 bridgehead atoms. The van der Waals surface area contributed by atoms with E-state index < -0.39 is 41.3 Å². The van der Waals surface area contributed by atoms with Crippen LogP contribution in [0.25, 0.3) is 0 Å². The average Bonchev–Trinajstić information content (AvgIpc) is 3.03. The van der Waals surface area contributed by atoms with Gasteiger partial charge in [0, 0.05) is 0 Å². The Hall–Kier alpha value is -2.62. The number of aromatic nitrogens is 1. The van der Waals surface area contributed by atoms with Gasteiger partial charge in [-0.3, -0.25) is 4.79 Å². The van der Waals surface area contributed by atoms with E-state index in [2.05, 4.69) is 10.3 Å². The SMILES string of the molecule is CC(NC(=O)c1ncsc1C(F)(F)F)c1ccc(OCC(=O)O)cc1. The molecule has 1 atom stereocenters. The standard InChI is InChI=1S/C15H13F3N2O4S/c1-8(9-2-4-10(5-3-9)24-6-11(21)22)20-14(23)12-13(15(16,17)18)25-7-19-12/h2-5,7-8H,6H2,1H3,(H,20,23)(H,21,22). The molecule has 6 nitrogen and oxygen atoms in total. The normalized spacial score (nSPS) is 12.5. The summed E-state index contributed by atoms with van der Waals surface area (Å²) in [6.45, 7) is 1.11. The minimum absolute atomic E-state index is 0.323. The van der Waals surface area contributed by atoms with Crippen molar-refractivity contribution in [2.24, 2.45) is 0 Å². The quantitative estimate of drug-likeness (QED) is 0.811. The fraction of sp³-hybridized carbons (Fsp3) is 0.267. The van der Waals surface area contributed by atoms with Gasteiger partial charge in [-0.15, -0.1) is 11.3 Å². The van der Waals surface area contributed by atoms with Gasteiger partial charge in [0.05, 0.1) is 11.6 Å². The molecule has 0 spiro atoms. The van der Waals surface area contributed by atoms with E-state index in [1.54, 1.807) is 19.1 Å². The predicted molar refractivity (Wildman–Crippen MR) is 82.6 cm³/mol. The zero-order valence-corrected chi connectivity index (χ0v) is 13.6. The Morgan fingerprint density at radius 2 is 1.96 bits per heavy atom. The monoisotopic (exact) mass is 374 g/mol. The Morgan fingerprint density at radius 1 is 1.32 bits per heavy atom. The van der Waals surface area contributed by atoms with E-state index in [0.29, 0.717) is 22.6 Å². The Balaban J connectivity index is 2.04. The molecular weight excluding hydrogens is 361 g/mol. The Kier molecular flexibility index (Phi) is 5.62. The number of hydrogen-bond acceptors (Lipinski definition) is 5. The molecule has 1 unspecified atom stereocenters. The van der Waals surface area contributed by atoms with Crippen molar-refractivity contribution in [2.75, 3.05) is 6.61 Å². The van der Waals surface area contributed by atoms with Crippen LogP contribution in [0.15, 0.2) is 29.8 Å². The second kappa shape index (κ2) is 7.51. The van der Waals surface area contributed by atoms with Gasteiger partial charge in [-0.1, -0.05) is 12.1 Å². The van der Waals surface area contributed by atoms with Crippen LogP contribution < -0.4 is 10.1 Å². The fourth-order valence-corrected chi connectivity index (χ4v) is 2.61. The number of rotatable bonds is 6. The van der Waals surface area contributed by atoms with Crippen molar-refractivity contribution in [1.29, 1.82) is 0 Å². The highest BCUT2D eigenvalue weighted by molar-refractivity contribution is 7.10. The first-order valence-electron chi connectivity index (χ1n) is 6.94. The molecule has 10 heteroatoms. The largest absolute Gasteiger partial charge is 0.482 e. The fourth-order valence-electron chi connectivity index (χ4n) is 1.96. The molecule has 134 valence electrons. The zero-order valence-electron chi connectivity index (χ0n) is 12.8. The van der Waals surface area contributed by atoms with E-state index in [4.69, 9.17) is 9.84 Å². The van der Waals surface area contributed by atoms with Crippen LogP contribution in [0.4, 0.5) is 13.2 Å². The van der Waals surface area contributed by atoms with Crippen molar-refractivity contribution >= 4 is 23.2 Å². The first-order valence-corrected chi connectivity index (χ1v) is 7.82. The Labute approximate surface area is 144 Å². The lowest BCUT2D eigenvalue weighted by Gasteiger charge is -2.15. The summed E-state index contributed by atoms with van der Waals surface area (Å²) in [4.78, 5) is 24.9. The van der Waals surface area contributed by atoms with Crippen LogP contribution in [-0.2, 0) is 11.0 Å². The molecule has 0 aliphatic rings. The molecule has 0 fully saturated rings. The topological polar surface area (TPSA) is 88.5 Å². The zero-order chi connectivity index (χ0) is 18.6. The number of thiazole rings is 1. The van der Waals surface area contributed by atoms with E-state index >= 15 is 0 Å². The van der Waals surface area contributed by atoms with Crippen molar-refractivity contribution in [1.82, 2.24) is 10.3 Å².